The maximum absolute atomic E-state index is 4.38. The second kappa shape index (κ2) is 5.49. The van der Waals surface area contributed by atoms with Crippen LogP contribution < -0.4 is 10.6 Å². The molecule has 0 bridgehead atoms. The molecule has 0 aromatic carbocycles. The molecule has 1 fully saturated rings. The second-order valence-electron chi connectivity index (χ2n) is 4.46. The molecule has 0 saturated heterocycles. The molecule has 2 N–H and O–H groups in total. The van der Waals surface area contributed by atoms with Gasteiger partial charge in [0, 0.05) is 24.2 Å². The molecule has 4 nitrogen and oxygen atoms in total. The maximum Gasteiger partial charge on any atom is 0.191 e. The van der Waals surface area contributed by atoms with Gasteiger partial charge in [0.2, 0.25) is 0 Å². The van der Waals surface area contributed by atoms with Crippen molar-refractivity contribution in [2.45, 2.75) is 39.3 Å². The van der Waals surface area contributed by atoms with Gasteiger partial charge in [-0.3, -0.25) is 4.99 Å². The van der Waals surface area contributed by atoms with Gasteiger partial charge in [-0.05, 0) is 18.8 Å². The van der Waals surface area contributed by atoms with Gasteiger partial charge >= 0.3 is 0 Å². The average molecular weight is 252 g/mol. The van der Waals surface area contributed by atoms with Crippen LogP contribution in [0.15, 0.2) is 11.2 Å². The molecule has 0 radical (unpaired) electrons. The summed E-state index contributed by atoms with van der Waals surface area (Å²) in [5.41, 5.74) is 0. The van der Waals surface area contributed by atoms with Gasteiger partial charge in [-0.2, -0.15) is 0 Å². The van der Waals surface area contributed by atoms with Crippen molar-refractivity contribution in [2.75, 3.05) is 7.05 Å². The normalized spacial score (nSPS) is 23.6. The van der Waals surface area contributed by atoms with Crippen molar-refractivity contribution in [1.82, 2.24) is 15.6 Å². The number of aliphatic imine (C=N–C) groups is 1. The zero-order valence-corrected chi connectivity index (χ0v) is 11.5. The van der Waals surface area contributed by atoms with Gasteiger partial charge in [0.15, 0.2) is 5.96 Å². The van der Waals surface area contributed by atoms with Crippen LogP contribution in [0.2, 0.25) is 0 Å². The van der Waals surface area contributed by atoms with Gasteiger partial charge in [0.05, 0.1) is 6.54 Å². The van der Waals surface area contributed by atoms with E-state index < -0.39 is 0 Å². The standard InChI is InChI=1S/C12H20N4S/c1-4-9-6-14-11(17-9)7-15-12(13-3)16-10-5-8(10)2/h6,8,10H,4-5,7H2,1-3H3,(H2,13,15,16). The van der Waals surface area contributed by atoms with E-state index in [0.29, 0.717) is 6.04 Å². The average Bonchev–Trinajstić information content (AvgIpc) is 2.85. The molecular weight excluding hydrogens is 232 g/mol. The molecule has 0 aliphatic heterocycles. The van der Waals surface area contributed by atoms with Crippen LogP contribution in [0, 0.1) is 5.92 Å². The Morgan fingerprint density at radius 1 is 1.65 bits per heavy atom. The van der Waals surface area contributed by atoms with E-state index in [4.69, 9.17) is 0 Å². The number of hydrogen-bond acceptors (Lipinski definition) is 3. The van der Waals surface area contributed by atoms with Crippen LogP contribution in [-0.2, 0) is 13.0 Å². The zero-order chi connectivity index (χ0) is 12.3. The summed E-state index contributed by atoms with van der Waals surface area (Å²) >= 11 is 1.76. The van der Waals surface area contributed by atoms with Gasteiger partial charge in [-0.25, -0.2) is 4.98 Å². The van der Waals surface area contributed by atoms with E-state index in [9.17, 15) is 0 Å². The minimum Gasteiger partial charge on any atom is -0.353 e. The first kappa shape index (κ1) is 12.4. The lowest BCUT2D eigenvalue weighted by Crippen LogP contribution is -2.38. The molecule has 1 saturated carbocycles. The van der Waals surface area contributed by atoms with E-state index in [0.717, 1.165) is 29.9 Å². The third kappa shape index (κ3) is 3.43. The fourth-order valence-corrected chi connectivity index (χ4v) is 2.45. The Morgan fingerprint density at radius 2 is 2.41 bits per heavy atom. The fraction of sp³-hybridized carbons (Fsp3) is 0.667. The van der Waals surface area contributed by atoms with Crippen molar-refractivity contribution in [2.24, 2.45) is 10.9 Å². The highest BCUT2D eigenvalue weighted by atomic mass is 32.1. The Labute approximate surface area is 107 Å². The molecule has 1 aliphatic carbocycles. The van der Waals surface area contributed by atoms with Crippen molar-refractivity contribution < 1.29 is 0 Å². The Morgan fingerprint density at radius 3 is 2.94 bits per heavy atom. The molecule has 0 spiro atoms. The molecule has 17 heavy (non-hydrogen) atoms. The van der Waals surface area contributed by atoms with Gasteiger partial charge in [-0.1, -0.05) is 13.8 Å². The van der Waals surface area contributed by atoms with Crippen molar-refractivity contribution in [3.8, 4) is 0 Å². The summed E-state index contributed by atoms with van der Waals surface area (Å²) in [4.78, 5) is 9.93. The van der Waals surface area contributed by atoms with Gasteiger partial charge in [0.25, 0.3) is 0 Å². The monoisotopic (exact) mass is 252 g/mol. The van der Waals surface area contributed by atoms with Crippen molar-refractivity contribution in [1.29, 1.82) is 0 Å². The second-order valence-corrected chi connectivity index (χ2v) is 5.66. The Bertz CT molecular complexity index is 399. The summed E-state index contributed by atoms with van der Waals surface area (Å²) in [6.45, 7) is 5.16. The van der Waals surface area contributed by atoms with E-state index in [2.05, 4.69) is 34.5 Å². The first-order chi connectivity index (χ1) is 8.22. The van der Waals surface area contributed by atoms with E-state index in [1.807, 2.05) is 13.2 Å². The lowest BCUT2D eigenvalue weighted by molar-refractivity contribution is 0.762. The number of nitrogens with one attached hydrogen (secondary N) is 2. The molecule has 2 unspecified atom stereocenters. The van der Waals surface area contributed by atoms with E-state index in [-0.39, 0.29) is 0 Å². The molecule has 1 aromatic heterocycles. The molecule has 2 atom stereocenters. The highest BCUT2D eigenvalue weighted by Gasteiger charge is 2.33. The summed E-state index contributed by atoms with van der Waals surface area (Å²) in [6.07, 6.45) is 4.27. The summed E-state index contributed by atoms with van der Waals surface area (Å²) in [7, 11) is 1.81. The van der Waals surface area contributed by atoms with Crippen molar-refractivity contribution in [3.63, 3.8) is 0 Å². The number of aryl methyl sites for hydroxylation is 1. The largest absolute Gasteiger partial charge is 0.353 e. The third-order valence-corrected chi connectivity index (χ3v) is 4.15. The molecule has 1 heterocycles. The van der Waals surface area contributed by atoms with Crippen LogP contribution in [0.5, 0.6) is 0 Å². The molecule has 94 valence electrons. The highest BCUT2D eigenvalue weighted by Crippen LogP contribution is 2.28. The molecule has 1 aliphatic rings. The number of thiazole rings is 1. The summed E-state index contributed by atoms with van der Waals surface area (Å²) in [5, 5.41) is 7.82. The SMILES string of the molecule is CCc1cnc(CNC(=NC)NC2CC2C)s1. The van der Waals surface area contributed by atoms with Crippen LogP contribution in [0.4, 0.5) is 0 Å². The molecule has 2 rings (SSSR count). The van der Waals surface area contributed by atoms with Crippen LogP contribution in [0.3, 0.4) is 0 Å². The van der Waals surface area contributed by atoms with Crippen LogP contribution in [-0.4, -0.2) is 24.0 Å². The van der Waals surface area contributed by atoms with E-state index in [1.165, 1.54) is 11.3 Å². The molecule has 1 aromatic rings. The van der Waals surface area contributed by atoms with Crippen LogP contribution >= 0.6 is 11.3 Å². The Kier molecular flexibility index (Phi) is 3.99. The molecular formula is C12H20N4S. The summed E-state index contributed by atoms with van der Waals surface area (Å²) in [5.74, 6) is 1.66. The van der Waals surface area contributed by atoms with Crippen molar-refractivity contribution >= 4 is 17.3 Å². The maximum atomic E-state index is 4.38. The number of hydrogen-bond donors (Lipinski definition) is 2. The summed E-state index contributed by atoms with van der Waals surface area (Å²) < 4.78 is 0. The predicted molar refractivity (Wildman–Crippen MR) is 72.4 cm³/mol. The first-order valence-corrected chi connectivity index (χ1v) is 6.95. The number of aromatic nitrogens is 1. The Balaban J connectivity index is 1.79. The first-order valence-electron chi connectivity index (χ1n) is 6.13. The number of nitrogens with zero attached hydrogens (tertiary/aromatic N) is 2. The van der Waals surface area contributed by atoms with Gasteiger partial charge < -0.3 is 10.6 Å². The number of rotatable bonds is 4. The Hall–Kier alpha value is -1.10. The molecule has 0 amide bonds. The summed E-state index contributed by atoms with van der Waals surface area (Å²) in [6, 6.07) is 0.601. The van der Waals surface area contributed by atoms with Gasteiger partial charge in [0.1, 0.15) is 5.01 Å². The van der Waals surface area contributed by atoms with E-state index >= 15 is 0 Å². The van der Waals surface area contributed by atoms with Crippen LogP contribution in [0.1, 0.15) is 30.2 Å². The third-order valence-electron chi connectivity index (χ3n) is 3.01. The fourth-order valence-electron chi connectivity index (χ4n) is 1.65. The van der Waals surface area contributed by atoms with E-state index in [1.54, 1.807) is 11.3 Å². The topological polar surface area (TPSA) is 49.3 Å². The quantitative estimate of drug-likeness (QED) is 0.634. The minimum atomic E-state index is 0.601. The lowest BCUT2D eigenvalue weighted by atomic mass is 10.4. The molecule has 5 heteroatoms. The number of guanidine groups is 1. The smallest absolute Gasteiger partial charge is 0.191 e. The van der Waals surface area contributed by atoms with Crippen molar-refractivity contribution in [3.05, 3.63) is 16.1 Å². The highest BCUT2D eigenvalue weighted by molar-refractivity contribution is 7.11. The van der Waals surface area contributed by atoms with Crippen LogP contribution in [0.25, 0.3) is 0 Å². The lowest BCUT2D eigenvalue weighted by Gasteiger charge is -2.09. The zero-order valence-electron chi connectivity index (χ0n) is 10.7. The minimum absolute atomic E-state index is 0.601. The predicted octanol–water partition coefficient (Wildman–Crippen LogP) is 1.78. The van der Waals surface area contributed by atoms with Gasteiger partial charge in [-0.15, -0.1) is 11.3 Å².